The summed E-state index contributed by atoms with van der Waals surface area (Å²) in [6, 6.07) is 7.76. The lowest BCUT2D eigenvalue weighted by Gasteiger charge is -2.32. The predicted molar refractivity (Wildman–Crippen MR) is 93.1 cm³/mol. The molecule has 1 aliphatic heterocycles. The van der Waals surface area contributed by atoms with Crippen molar-refractivity contribution in [3.63, 3.8) is 0 Å². The third-order valence-corrected chi connectivity index (χ3v) is 6.22. The van der Waals surface area contributed by atoms with Crippen LogP contribution in [0.4, 0.5) is 5.69 Å². The van der Waals surface area contributed by atoms with Crippen molar-refractivity contribution in [2.75, 3.05) is 39.1 Å². The molecule has 0 unspecified atom stereocenters. The molecule has 1 aromatic rings. The summed E-state index contributed by atoms with van der Waals surface area (Å²) in [5.41, 5.74) is 1.91. The first-order valence-corrected chi connectivity index (χ1v) is 9.32. The normalized spacial score (nSPS) is 16.8. The SMILES string of the molecule is CN(C)S(=O)(=O)N(C)Cc1cccc(N2CCC(C(=O)O)CC2)c1. The molecule has 1 N–H and O–H groups in total. The molecule has 0 atom stereocenters. The van der Waals surface area contributed by atoms with E-state index in [-0.39, 0.29) is 5.92 Å². The minimum atomic E-state index is -3.44. The van der Waals surface area contributed by atoms with Crippen molar-refractivity contribution in [2.45, 2.75) is 19.4 Å². The molecule has 1 heterocycles. The fraction of sp³-hybridized carbons (Fsp3) is 0.562. The molecule has 8 heteroatoms. The Balaban J connectivity index is 2.06. The van der Waals surface area contributed by atoms with E-state index in [1.165, 1.54) is 22.7 Å². The average molecular weight is 355 g/mol. The molecule has 0 amide bonds. The zero-order valence-corrected chi connectivity index (χ0v) is 15.2. The lowest BCUT2D eigenvalue weighted by Crippen LogP contribution is -2.37. The minimum absolute atomic E-state index is 0.263. The van der Waals surface area contributed by atoms with Gasteiger partial charge in [-0.15, -0.1) is 0 Å². The monoisotopic (exact) mass is 355 g/mol. The first kappa shape index (κ1) is 18.7. The van der Waals surface area contributed by atoms with E-state index in [4.69, 9.17) is 5.11 Å². The lowest BCUT2D eigenvalue weighted by molar-refractivity contribution is -0.142. The zero-order chi connectivity index (χ0) is 17.9. The van der Waals surface area contributed by atoms with Gasteiger partial charge in [-0.3, -0.25) is 4.79 Å². The van der Waals surface area contributed by atoms with Crippen LogP contribution in [-0.2, 0) is 21.5 Å². The van der Waals surface area contributed by atoms with Crippen molar-refractivity contribution < 1.29 is 18.3 Å². The molecule has 0 aromatic heterocycles. The van der Waals surface area contributed by atoms with E-state index in [0.717, 1.165) is 11.3 Å². The number of nitrogens with zero attached hydrogens (tertiary/aromatic N) is 3. The Bertz CT molecular complexity index is 682. The summed E-state index contributed by atoms with van der Waals surface area (Å²) in [7, 11) is 1.13. The second-order valence-corrected chi connectivity index (χ2v) is 8.56. The van der Waals surface area contributed by atoms with E-state index in [9.17, 15) is 13.2 Å². The molecule has 0 aliphatic carbocycles. The molecule has 134 valence electrons. The van der Waals surface area contributed by atoms with Crippen LogP contribution in [0.3, 0.4) is 0 Å². The number of hydrogen-bond acceptors (Lipinski definition) is 4. The standard InChI is InChI=1S/C16H25N3O4S/c1-17(2)24(22,23)18(3)12-13-5-4-6-15(11-13)19-9-7-14(8-10-19)16(20)21/h4-6,11,14H,7-10,12H2,1-3H3,(H,20,21). The summed E-state index contributed by atoms with van der Waals surface area (Å²) < 4.78 is 26.7. The Morgan fingerprint density at radius 1 is 1.25 bits per heavy atom. The number of carboxylic acids is 1. The first-order valence-electron chi connectivity index (χ1n) is 7.92. The van der Waals surface area contributed by atoms with Crippen LogP contribution in [0.15, 0.2) is 24.3 Å². The summed E-state index contributed by atoms with van der Waals surface area (Å²) in [5, 5.41) is 9.07. The Hall–Kier alpha value is -1.64. The van der Waals surface area contributed by atoms with E-state index >= 15 is 0 Å². The van der Waals surface area contributed by atoms with Gasteiger partial charge in [-0.1, -0.05) is 12.1 Å². The Morgan fingerprint density at radius 3 is 2.42 bits per heavy atom. The number of benzene rings is 1. The second kappa shape index (κ2) is 7.50. The quantitative estimate of drug-likeness (QED) is 0.830. The van der Waals surface area contributed by atoms with Crippen LogP contribution >= 0.6 is 0 Å². The molecule has 1 fully saturated rings. The Morgan fingerprint density at radius 2 is 1.88 bits per heavy atom. The number of carboxylic acid groups (broad SMARTS) is 1. The number of anilines is 1. The maximum Gasteiger partial charge on any atom is 0.306 e. The van der Waals surface area contributed by atoms with Crippen molar-refractivity contribution >= 4 is 21.9 Å². The summed E-state index contributed by atoms with van der Waals surface area (Å²) in [5.74, 6) is -0.986. The van der Waals surface area contributed by atoms with Gasteiger partial charge in [0, 0.05) is 46.5 Å². The van der Waals surface area contributed by atoms with Gasteiger partial charge in [-0.05, 0) is 30.5 Å². The fourth-order valence-electron chi connectivity index (χ4n) is 2.85. The molecule has 0 bridgehead atoms. The largest absolute Gasteiger partial charge is 0.481 e. The molecule has 1 aromatic carbocycles. The average Bonchev–Trinajstić information content (AvgIpc) is 2.55. The van der Waals surface area contributed by atoms with Gasteiger partial charge in [0.25, 0.3) is 10.2 Å². The number of aliphatic carboxylic acids is 1. The lowest BCUT2D eigenvalue weighted by atomic mass is 9.96. The first-order chi connectivity index (χ1) is 11.2. The molecule has 1 aliphatic rings. The van der Waals surface area contributed by atoms with Crippen molar-refractivity contribution in [3.05, 3.63) is 29.8 Å². The molecule has 1 saturated heterocycles. The summed E-state index contributed by atoms with van der Waals surface area (Å²) in [4.78, 5) is 13.2. The maximum atomic E-state index is 12.1. The van der Waals surface area contributed by atoms with E-state index < -0.39 is 16.2 Å². The Labute approximate surface area is 143 Å². The smallest absolute Gasteiger partial charge is 0.306 e. The van der Waals surface area contributed by atoms with Crippen LogP contribution in [0.2, 0.25) is 0 Å². The predicted octanol–water partition coefficient (Wildman–Crippen LogP) is 1.23. The third kappa shape index (κ3) is 4.25. The highest BCUT2D eigenvalue weighted by Gasteiger charge is 2.25. The fourth-order valence-corrected chi connectivity index (χ4v) is 3.72. The number of hydrogen-bond donors (Lipinski definition) is 1. The van der Waals surface area contributed by atoms with Crippen molar-refractivity contribution in [3.8, 4) is 0 Å². The number of piperidine rings is 1. The van der Waals surface area contributed by atoms with Gasteiger partial charge < -0.3 is 10.0 Å². The van der Waals surface area contributed by atoms with Gasteiger partial charge in [0.15, 0.2) is 0 Å². The highest BCUT2D eigenvalue weighted by atomic mass is 32.2. The van der Waals surface area contributed by atoms with Gasteiger partial charge in [0.1, 0.15) is 0 Å². The highest BCUT2D eigenvalue weighted by Crippen LogP contribution is 2.24. The van der Waals surface area contributed by atoms with E-state index in [1.54, 1.807) is 7.05 Å². The topological polar surface area (TPSA) is 81.2 Å². The highest BCUT2D eigenvalue weighted by molar-refractivity contribution is 7.86. The van der Waals surface area contributed by atoms with Gasteiger partial charge in [0.2, 0.25) is 0 Å². The van der Waals surface area contributed by atoms with E-state index in [2.05, 4.69) is 4.90 Å². The molecular weight excluding hydrogens is 330 g/mol. The van der Waals surface area contributed by atoms with E-state index in [0.29, 0.717) is 32.5 Å². The van der Waals surface area contributed by atoms with Gasteiger partial charge in [-0.2, -0.15) is 17.0 Å². The van der Waals surface area contributed by atoms with Crippen LogP contribution < -0.4 is 4.90 Å². The molecule has 0 spiro atoms. The van der Waals surface area contributed by atoms with Gasteiger partial charge >= 0.3 is 5.97 Å². The van der Waals surface area contributed by atoms with Crippen LogP contribution in [-0.4, -0.2) is 62.3 Å². The van der Waals surface area contributed by atoms with Crippen LogP contribution in [0.1, 0.15) is 18.4 Å². The van der Waals surface area contributed by atoms with Crippen LogP contribution in [0, 0.1) is 5.92 Å². The van der Waals surface area contributed by atoms with Crippen LogP contribution in [0.5, 0.6) is 0 Å². The Kier molecular flexibility index (Phi) is 5.84. The molecule has 7 nitrogen and oxygen atoms in total. The maximum absolute atomic E-state index is 12.1. The molecule has 0 radical (unpaired) electrons. The van der Waals surface area contributed by atoms with Crippen LogP contribution in [0.25, 0.3) is 0 Å². The van der Waals surface area contributed by atoms with Crippen molar-refractivity contribution in [1.29, 1.82) is 0 Å². The summed E-state index contributed by atoms with van der Waals surface area (Å²) in [6.07, 6.45) is 1.27. The van der Waals surface area contributed by atoms with Crippen molar-refractivity contribution in [2.24, 2.45) is 5.92 Å². The summed E-state index contributed by atoms with van der Waals surface area (Å²) in [6.45, 7) is 1.69. The molecular formula is C16H25N3O4S. The second-order valence-electron chi connectivity index (χ2n) is 6.32. The molecule has 24 heavy (non-hydrogen) atoms. The third-order valence-electron chi connectivity index (χ3n) is 4.38. The molecule has 2 rings (SSSR count). The number of rotatable bonds is 6. The minimum Gasteiger partial charge on any atom is -0.481 e. The van der Waals surface area contributed by atoms with E-state index in [1.807, 2.05) is 24.3 Å². The van der Waals surface area contributed by atoms with Gasteiger partial charge in [-0.25, -0.2) is 0 Å². The number of carbonyl (C=O) groups is 1. The van der Waals surface area contributed by atoms with Crippen molar-refractivity contribution in [1.82, 2.24) is 8.61 Å². The zero-order valence-electron chi connectivity index (χ0n) is 14.3. The van der Waals surface area contributed by atoms with Gasteiger partial charge in [0.05, 0.1) is 5.92 Å². The molecule has 0 saturated carbocycles. The summed E-state index contributed by atoms with van der Waals surface area (Å²) >= 11 is 0.